The van der Waals surface area contributed by atoms with Gasteiger partial charge in [0.25, 0.3) is 0 Å². The van der Waals surface area contributed by atoms with E-state index in [4.69, 9.17) is 10.8 Å². The van der Waals surface area contributed by atoms with E-state index in [1.54, 1.807) is 4.90 Å². The lowest BCUT2D eigenvalue weighted by atomic mass is 9.94. The SMILES string of the molecule is CC[C@H](C)[C@H](N)C(=O)N1CCC[C@@H](C(=O)O)C1. The molecule has 1 aliphatic rings. The van der Waals surface area contributed by atoms with Gasteiger partial charge in [-0.15, -0.1) is 0 Å². The predicted octanol–water partition coefficient (Wildman–Crippen LogP) is 0.683. The Labute approximate surface area is 102 Å². The van der Waals surface area contributed by atoms with E-state index in [0.717, 1.165) is 12.8 Å². The third-order valence-electron chi connectivity index (χ3n) is 3.62. The van der Waals surface area contributed by atoms with Crippen LogP contribution in [0.5, 0.6) is 0 Å². The number of rotatable bonds is 4. The van der Waals surface area contributed by atoms with E-state index in [9.17, 15) is 9.59 Å². The number of nitrogens with zero attached hydrogens (tertiary/aromatic N) is 1. The van der Waals surface area contributed by atoms with Crippen molar-refractivity contribution in [2.45, 2.75) is 39.2 Å². The molecule has 1 aliphatic heterocycles. The van der Waals surface area contributed by atoms with Gasteiger partial charge in [-0.05, 0) is 18.8 Å². The van der Waals surface area contributed by atoms with E-state index >= 15 is 0 Å². The maximum Gasteiger partial charge on any atom is 0.308 e. The predicted molar refractivity (Wildman–Crippen MR) is 64.4 cm³/mol. The Balaban J connectivity index is 2.60. The average molecular weight is 242 g/mol. The topological polar surface area (TPSA) is 83.6 Å². The number of hydrogen-bond acceptors (Lipinski definition) is 3. The monoisotopic (exact) mass is 242 g/mol. The van der Waals surface area contributed by atoms with Gasteiger partial charge in [0.1, 0.15) is 0 Å². The van der Waals surface area contributed by atoms with E-state index in [0.29, 0.717) is 19.5 Å². The van der Waals surface area contributed by atoms with Gasteiger partial charge in [0.05, 0.1) is 12.0 Å². The van der Waals surface area contributed by atoms with E-state index in [-0.39, 0.29) is 11.8 Å². The quantitative estimate of drug-likeness (QED) is 0.759. The summed E-state index contributed by atoms with van der Waals surface area (Å²) in [6, 6.07) is -0.507. The second-order valence-electron chi connectivity index (χ2n) is 4.87. The van der Waals surface area contributed by atoms with Crippen LogP contribution in [0, 0.1) is 11.8 Å². The summed E-state index contributed by atoms with van der Waals surface area (Å²) in [7, 11) is 0. The first-order valence-electron chi connectivity index (χ1n) is 6.24. The fourth-order valence-corrected chi connectivity index (χ4v) is 2.09. The fourth-order valence-electron chi connectivity index (χ4n) is 2.09. The van der Waals surface area contributed by atoms with Crippen molar-refractivity contribution in [2.75, 3.05) is 13.1 Å². The molecule has 0 aromatic carbocycles. The molecule has 3 N–H and O–H groups in total. The van der Waals surface area contributed by atoms with Crippen LogP contribution < -0.4 is 5.73 Å². The number of nitrogens with two attached hydrogens (primary N) is 1. The highest BCUT2D eigenvalue weighted by Crippen LogP contribution is 2.18. The lowest BCUT2D eigenvalue weighted by Crippen LogP contribution is -2.51. The molecule has 5 heteroatoms. The molecule has 17 heavy (non-hydrogen) atoms. The summed E-state index contributed by atoms with van der Waals surface area (Å²) in [5.41, 5.74) is 5.89. The maximum atomic E-state index is 12.1. The summed E-state index contributed by atoms with van der Waals surface area (Å²) < 4.78 is 0. The summed E-state index contributed by atoms with van der Waals surface area (Å²) >= 11 is 0. The van der Waals surface area contributed by atoms with Crippen molar-refractivity contribution in [2.24, 2.45) is 17.6 Å². The molecule has 0 aliphatic carbocycles. The molecule has 5 nitrogen and oxygen atoms in total. The number of likely N-dealkylation sites (tertiary alicyclic amines) is 1. The second kappa shape index (κ2) is 6.00. The zero-order valence-corrected chi connectivity index (χ0v) is 10.6. The molecule has 1 amide bonds. The molecule has 0 saturated carbocycles. The molecule has 0 radical (unpaired) electrons. The van der Waals surface area contributed by atoms with Crippen LogP contribution in [0.15, 0.2) is 0 Å². The van der Waals surface area contributed by atoms with Crippen LogP contribution in [-0.4, -0.2) is 41.0 Å². The van der Waals surface area contributed by atoms with Gasteiger partial charge in [0.15, 0.2) is 0 Å². The lowest BCUT2D eigenvalue weighted by Gasteiger charge is -2.33. The number of carboxylic acids is 1. The Morgan fingerprint density at radius 2 is 2.18 bits per heavy atom. The number of carbonyl (C=O) groups excluding carboxylic acids is 1. The molecule has 0 bridgehead atoms. The molecule has 1 rings (SSSR count). The highest BCUT2D eigenvalue weighted by atomic mass is 16.4. The van der Waals surface area contributed by atoms with Crippen LogP contribution in [0.1, 0.15) is 33.1 Å². The maximum absolute atomic E-state index is 12.1. The van der Waals surface area contributed by atoms with Crippen LogP contribution in [0.25, 0.3) is 0 Å². The Kier molecular flexibility index (Phi) is 4.93. The van der Waals surface area contributed by atoms with Gasteiger partial charge >= 0.3 is 5.97 Å². The zero-order chi connectivity index (χ0) is 13.0. The second-order valence-corrected chi connectivity index (χ2v) is 4.87. The van der Waals surface area contributed by atoms with Crippen LogP contribution in [0.3, 0.4) is 0 Å². The highest BCUT2D eigenvalue weighted by molar-refractivity contribution is 5.82. The van der Waals surface area contributed by atoms with Crippen LogP contribution in [0.4, 0.5) is 0 Å². The van der Waals surface area contributed by atoms with Gasteiger partial charge in [-0.25, -0.2) is 0 Å². The van der Waals surface area contributed by atoms with Crippen LogP contribution >= 0.6 is 0 Å². The fraction of sp³-hybridized carbons (Fsp3) is 0.833. The van der Waals surface area contributed by atoms with E-state index in [1.165, 1.54) is 0 Å². The van der Waals surface area contributed by atoms with Crippen molar-refractivity contribution >= 4 is 11.9 Å². The molecule has 1 saturated heterocycles. The summed E-state index contributed by atoms with van der Waals surface area (Å²) in [5, 5.41) is 8.96. The van der Waals surface area contributed by atoms with Gasteiger partial charge < -0.3 is 15.7 Å². The van der Waals surface area contributed by atoms with Gasteiger partial charge in [-0.1, -0.05) is 20.3 Å². The van der Waals surface area contributed by atoms with Crippen molar-refractivity contribution in [1.82, 2.24) is 4.90 Å². The van der Waals surface area contributed by atoms with Crippen molar-refractivity contribution in [3.05, 3.63) is 0 Å². The molecule has 0 aromatic heterocycles. The molecule has 0 unspecified atom stereocenters. The Bertz CT molecular complexity index is 293. The molecule has 1 fully saturated rings. The minimum absolute atomic E-state index is 0.106. The Morgan fingerprint density at radius 3 is 2.71 bits per heavy atom. The largest absolute Gasteiger partial charge is 0.481 e. The molecular formula is C12H22N2O3. The van der Waals surface area contributed by atoms with Crippen LogP contribution in [-0.2, 0) is 9.59 Å². The van der Waals surface area contributed by atoms with E-state index in [2.05, 4.69) is 0 Å². The number of aliphatic carboxylic acids is 1. The minimum Gasteiger partial charge on any atom is -0.481 e. The highest BCUT2D eigenvalue weighted by Gasteiger charge is 2.31. The van der Waals surface area contributed by atoms with Gasteiger partial charge in [-0.3, -0.25) is 9.59 Å². The van der Waals surface area contributed by atoms with Crippen molar-refractivity contribution < 1.29 is 14.7 Å². The van der Waals surface area contributed by atoms with Crippen molar-refractivity contribution in [3.8, 4) is 0 Å². The van der Waals surface area contributed by atoms with E-state index in [1.807, 2.05) is 13.8 Å². The molecular weight excluding hydrogens is 220 g/mol. The molecule has 3 atom stereocenters. The summed E-state index contributed by atoms with van der Waals surface area (Å²) in [6.07, 6.45) is 2.25. The molecule has 0 aromatic rings. The number of piperidine rings is 1. The van der Waals surface area contributed by atoms with E-state index < -0.39 is 17.9 Å². The first-order valence-corrected chi connectivity index (χ1v) is 6.24. The van der Waals surface area contributed by atoms with Crippen molar-refractivity contribution in [1.29, 1.82) is 0 Å². The summed E-state index contributed by atoms with van der Waals surface area (Å²) in [5.74, 6) is -1.23. The zero-order valence-electron chi connectivity index (χ0n) is 10.6. The number of hydrogen-bond donors (Lipinski definition) is 2. The molecule has 98 valence electrons. The number of amides is 1. The number of carbonyl (C=O) groups is 2. The van der Waals surface area contributed by atoms with Crippen LogP contribution in [0.2, 0.25) is 0 Å². The van der Waals surface area contributed by atoms with Gasteiger partial charge in [-0.2, -0.15) is 0 Å². The normalized spacial score (nSPS) is 24.2. The standard InChI is InChI=1S/C12H22N2O3/c1-3-8(2)10(13)11(15)14-6-4-5-9(7-14)12(16)17/h8-10H,3-7,13H2,1-2H3,(H,16,17)/t8-,9+,10-/m0/s1. The van der Waals surface area contributed by atoms with Crippen molar-refractivity contribution in [3.63, 3.8) is 0 Å². The first kappa shape index (κ1) is 14.0. The Morgan fingerprint density at radius 1 is 1.53 bits per heavy atom. The lowest BCUT2D eigenvalue weighted by molar-refractivity contribution is -0.146. The number of carboxylic acid groups (broad SMARTS) is 1. The first-order chi connectivity index (χ1) is 7.97. The summed E-state index contributed by atoms with van der Waals surface area (Å²) in [6.45, 7) is 4.88. The summed E-state index contributed by atoms with van der Waals surface area (Å²) in [4.78, 5) is 24.6. The Hall–Kier alpha value is -1.10. The van der Waals surface area contributed by atoms with Gasteiger partial charge in [0, 0.05) is 13.1 Å². The third-order valence-corrected chi connectivity index (χ3v) is 3.62. The molecule has 0 spiro atoms. The van der Waals surface area contributed by atoms with Gasteiger partial charge in [0.2, 0.25) is 5.91 Å². The third kappa shape index (κ3) is 3.43. The minimum atomic E-state index is -0.820. The smallest absolute Gasteiger partial charge is 0.308 e. The molecule has 1 heterocycles. The average Bonchev–Trinajstić information content (AvgIpc) is 2.36.